The van der Waals surface area contributed by atoms with E-state index in [1.807, 2.05) is 6.07 Å². The van der Waals surface area contributed by atoms with Gasteiger partial charge in [-0.25, -0.2) is 4.39 Å². The second-order valence-corrected chi connectivity index (χ2v) is 6.41. The van der Waals surface area contributed by atoms with Crippen LogP contribution in [0.5, 0.6) is 0 Å². The Morgan fingerprint density at radius 1 is 1.30 bits per heavy atom. The topological polar surface area (TPSA) is 12.0 Å². The molecule has 0 radical (unpaired) electrons. The fourth-order valence-electron chi connectivity index (χ4n) is 3.18. The molecular weight excluding hydrogens is 273 g/mol. The van der Waals surface area contributed by atoms with Crippen molar-refractivity contribution in [2.75, 3.05) is 6.54 Å². The minimum atomic E-state index is -0.153. The van der Waals surface area contributed by atoms with Gasteiger partial charge in [0.1, 0.15) is 5.82 Å². The summed E-state index contributed by atoms with van der Waals surface area (Å²) in [5.74, 6) is 0.433. The van der Waals surface area contributed by atoms with Crippen LogP contribution in [0.2, 0.25) is 5.02 Å². The van der Waals surface area contributed by atoms with Crippen LogP contribution < -0.4 is 5.32 Å². The van der Waals surface area contributed by atoms with Crippen LogP contribution in [0.1, 0.15) is 51.0 Å². The zero-order chi connectivity index (χ0) is 14.4. The highest BCUT2D eigenvalue weighted by atomic mass is 35.5. The molecule has 0 amide bonds. The van der Waals surface area contributed by atoms with Gasteiger partial charge in [-0.05, 0) is 55.8 Å². The third-order valence-electron chi connectivity index (χ3n) is 4.24. The molecule has 2 atom stereocenters. The Morgan fingerprint density at radius 2 is 2.10 bits per heavy atom. The largest absolute Gasteiger partial charge is 0.314 e. The summed E-state index contributed by atoms with van der Waals surface area (Å²) in [6.45, 7) is 3.29. The lowest BCUT2D eigenvalue weighted by atomic mass is 9.91. The van der Waals surface area contributed by atoms with Gasteiger partial charge in [-0.2, -0.15) is 0 Å². The fraction of sp³-hybridized carbons (Fsp3) is 0.647. The summed E-state index contributed by atoms with van der Waals surface area (Å²) < 4.78 is 13.9. The Labute approximate surface area is 126 Å². The van der Waals surface area contributed by atoms with E-state index in [1.54, 1.807) is 6.07 Å². The molecule has 3 heteroatoms. The monoisotopic (exact) mass is 297 g/mol. The Kier molecular flexibility index (Phi) is 6.31. The minimum absolute atomic E-state index is 0.153. The molecule has 2 unspecified atom stereocenters. The van der Waals surface area contributed by atoms with E-state index in [9.17, 15) is 4.39 Å². The molecular formula is C17H25ClFN. The Hall–Kier alpha value is -0.600. The standard InChI is InChI=1S/C17H25ClFN/c1-2-9-20-16-6-4-3-5-13(11-16)10-14-7-8-15(18)12-17(14)19/h7-8,12-13,16,20H,2-6,9-11H2,1H3. The molecule has 1 aliphatic carbocycles. The van der Waals surface area contributed by atoms with Crippen LogP contribution in [0.25, 0.3) is 0 Å². The smallest absolute Gasteiger partial charge is 0.127 e. The fourth-order valence-corrected chi connectivity index (χ4v) is 3.34. The molecule has 1 N–H and O–H groups in total. The van der Waals surface area contributed by atoms with Gasteiger partial charge in [-0.3, -0.25) is 0 Å². The van der Waals surface area contributed by atoms with E-state index < -0.39 is 0 Å². The molecule has 0 spiro atoms. The van der Waals surface area contributed by atoms with Crippen molar-refractivity contribution >= 4 is 11.6 Å². The lowest BCUT2D eigenvalue weighted by molar-refractivity contribution is 0.381. The molecule has 0 bridgehead atoms. The maximum Gasteiger partial charge on any atom is 0.127 e. The lowest BCUT2D eigenvalue weighted by Gasteiger charge is -2.21. The number of nitrogens with one attached hydrogen (secondary N) is 1. The number of hydrogen-bond donors (Lipinski definition) is 1. The molecule has 2 rings (SSSR count). The Bertz CT molecular complexity index is 421. The molecule has 20 heavy (non-hydrogen) atoms. The van der Waals surface area contributed by atoms with Crippen LogP contribution in [-0.4, -0.2) is 12.6 Å². The molecule has 1 saturated carbocycles. The number of halogens is 2. The van der Waals surface area contributed by atoms with Crippen molar-refractivity contribution in [3.63, 3.8) is 0 Å². The molecule has 1 fully saturated rings. The Morgan fingerprint density at radius 3 is 2.85 bits per heavy atom. The summed E-state index contributed by atoms with van der Waals surface area (Å²) in [7, 11) is 0. The SMILES string of the molecule is CCCNC1CCCCC(Cc2ccc(Cl)cc2F)C1. The van der Waals surface area contributed by atoms with Gasteiger partial charge in [0.05, 0.1) is 0 Å². The maximum atomic E-state index is 13.9. The average molecular weight is 298 g/mol. The predicted molar refractivity (Wildman–Crippen MR) is 83.8 cm³/mol. The van der Waals surface area contributed by atoms with Crippen LogP contribution >= 0.6 is 11.6 Å². The average Bonchev–Trinajstić information content (AvgIpc) is 2.65. The molecule has 0 saturated heterocycles. The first-order valence-corrected chi connectivity index (χ1v) is 8.24. The summed E-state index contributed by atoms with van der Waals surface area (Å²) in [5.41, 5.74) is 0.815. The van der Waals surface area contributed by atoms with E-state index in [2.05, 4.69) is 12.2 Å². The first kappa shape index (κ1) is 15.8. The third-order valence-corrected chi connectivity index (χ3v) is 4.47. The summed E-state index contributed by atoms with van der Waals surface area (Å²) in [5, 5.41) is 4.12. The molecule has 0 aliphatic heterocycles. The summed E-state index contributed by atoms with van der Waals surface area (Å²) >= 11 is 5.82. The first-order valence-electron chi connectivity index (χ1n) is 7.86. The lowest BCUT2D eigenvalue weighted by Crippen LogP contribution is -2.31. The first-order chi connectivity index (χ1) is 9.69. The number of hydrogen-bond acceptors (Lipinski definition) is 1. The predicted octanol–water partition coefficient (Wildman–Crippen LogP) is 4.97. The van der Waals surface area contributed by atoms with Gasteiger partial charge in [-0.1, -0.05) is 43.9 Å². The van der Waals surface area contributed by atoms with Crippen molar-refractivity contribution in [1.29, 1.82) is 0 Å². The van der Waals surface area contributed by atoms with Crippen molar-refractivity contribution in [3.8, 4) is 0 Å². The van der Waals surface area contributed by atoms with E-state index in [0.29, 0.717) is 17.0 Å². The van der Waals surface area contributed by atoms with E-state index in [4.69, 9.17) is 11.6 Å². The van der Waals surface area contributed by atoms with E-state index in [-0.39, 0.29) is 5.82 Å². The van der Waals surface area contributed by atoms with Crippen LogP contribution in [0.3, 0.4) is 0 Å². The van der Waals surface area contributed by atoms with Crippen molar-refractivity contribution in [1.82, 2.24) is 5.32 Å². The van der Waals surface area contributed by atoms with Crippen LogP contribution in [0.4, 0.5) is 4.39 Å². The number of benzene rings is 1. The second-order valence-electron chi connectivity index (χ2n) is 5.98. The maximum absolute atomic E-state index is 13.9. The van der Waals surface area contributed by atoms with E-state index >= 15 is 0 Å². The van der Waals surface area contributed by atoms with Crippen molar-refractivity contribution in [2.45, 2.75) is 57.9 Å². The van der Waals surface area contributed by atoms with Crippen molar-refractivity contribution < 1.29 is 4.39 Å². The van der Waals surface area contributed by atoms with Gasteiger partial charge >= 0.3 is 0 Å². The van der Waals surface area contributed by atoms with E-state index in [1.165, 1.54) is 44.6 Å². The second kappa shape index (κ2) is 7.99. The molecule has 112 valence electrons. The van der Waals surface area contributed by atoms with Gasteiger partial charge in [0.15, 0.2) is 0 Å². The third kappa shape index (κ3) is 4.75. The highest BCUT2D eigenvalue weighted by Gasteiger charge is 2.21. The zero-order valence-corrected chi connectivity index (χ0v) is 13.1. The minimum Gasteiger partial charge on any atom is -0.314 e. The molecule has 1 aliphatic rings. The van der Waals surface area contributed by atoms with E-state index in [0.717, 1.165) is 18.5 Å². The highest BCUT2D eigenvalue weighted by molar-refractivity contribution is 6.30. The summed E-state index contributed by atoms with van der Waals surface area (Å²) in [6, 6.07) is 5.68. The molecule has 1 aromatic carbocycles. The highest BCUT2D eigenvalue weighted by Crippen LogP contribution is 2.28. The molecule has 0 heterocycles. The quantitative estimate of drug-likeness (QED) is 0.757. The van der Waals surface area contributed by atoms with Gasteiger partial charge in [-0.15, -0.1) is 0 Å². The Balaban J connectivity index is 1.96. The molecule has 1 aromatic rings. The van der Waals surface area contributed by atoms with Gasteiger partial charge in [0.2, 0.25) is 0 Å². The normalized spacial score (nSPS) is 23.6. The zero-order valence-electron chi connectivity index (χ0n) is 12.3. The molecule has 1 nitrogen and oxygen atoms in total. The van der Waals surface area contributed by atoms with Crippen LogP contribution in [0.15, 0.2) is 18.2 Å². The van der Waals surface area contributed by atoms with Gasteiger partial charge in [0.25, 0.3) is 0 Å². The van der Waals surface area contributed by atoms with Gasteiger partial charge in [0, 0.05) is 11.1 Å². The van der Waals surface area contributed by atoms with Crippen LogP contribution in [-0.2, 0) is 6.42 Å². The van der Waals surface area contributed by atoms with Gasteiger partial charge < -0.3 is 5.32 Å². The van der Waals surface area contributed by atoms with Crippen molar-refractivity contribution in [2.24, 2.45) is 5.92 Å². The summed E-state index contributed by atoms with van der Waals surface area (Å²) in [4.78, 5) is 0. The van der Waals surface area contributed by atoms with Crippen molar-refractivity contribution in [3.05, 3.63) is 34.6 Å². The van der Waals surface area contributed by atoms with Crippen LogP contribution in [0, 0.1) is 11.7 Å². The number of rotatable bonds is 5. The summed E-state index contributed by atoms with van der Waals surface area (Å²) in [6.07, 6.45) is 8.22. The molecule has 0 aromatic heterocycles.